The number of anilines is 2. The summed E-state index contributed by atoms with van der Waals surface area (Å²) >= 11 is 5.98. The fourth-order valence-electron chi connectivity index (χ4n) is 3.24. The number of fused-ring (bicyclic) bond motifs is 1. The number of hydrogen-bond donors (Lipinski definition) is 2. The summed E-state index contributed by atoms with van der Waals surface area (Å²) in [7, 11) is 0. The Morgan fingerprint density at radius 1 is 1.00 bits per heavy atom. The quantitative estimate of drug-likeness (QED) is 0.479. The number of aromatic nitrogens is 2. The smallest absolute Gasteiger partial charge is 0.255 e. The fourth-order valence-corrected chi connectivity index (χ4v) is 3.43. The average molecular weight is 419 g/mol. The molecule has 2 aromatic heterocycles. The van der Waals surface area contributed by atoms with E-state index >= 15 is 0 Å². The molecule has 0 bridgehead atoms. The molecule has 4 rings (SSSR count). The summed E-state index contributed by atoms with van der Waals surface area (Å²) < 4.78 is 1.86. The van der Waals surface area contributed by atoms with Gasteiger partial charge in [-0.3, -0.25) is 9.59 Å². The number of pyridine rings is 1. The predicted molar refractivity (Wildman–Crippen MR) is 119 cm³/mol. The first kappa shape index (κ1) is 19.7. The molecule has 6 nitrogen and oxygen atoms in total. The molecular weight excluding hydrogens is 400 g/mol. The molecule has 0 aliphatic rings. The van der Waals surface area contributed by atoms with E-state index in [4.69, 9.17) is 11.6 Å². The minimum atomic E-state index is -0.225. The molecule has 0 saturated heterocycles. The molecule has 2 heterocycles. The van der Waals surface area contributed by atoms with E-state index in [0.717, 1.165) is 22.3 Å². The van der Waals surface area contributed by atoms with E-state index in [-0.39, 0.29) is 11.8 Å². The van der Waals surface area contributed by atoms with Gasteiger partial charge < -0.3 is 15.0 Å². The Hall–Kier alpha value is -3.64. The van der Waals surface area contributed by atoms with Crippen LogP contribution in [0.1, 0.15) is 22.8 Å². The second kappa shape index (κ2) is 8.00. The molecule has 0 radical (unpaired) electrons. The monoisotopic (exact) mass is 418 g/mol. The van der Waals surface area contributed by atoms with Crippen LogP contribution in [0.15, 0.2) is 67.0 Å². The highest BCUT2D eigenvalue weighted by atomic mass is 35.5. The van der Waals surface area contributed by atoms with Crippen molar-refractivity contribution in [1.29, 1.82) is 0 Å². The van der Waals surface area contributed by atoms with E-state index in [2.05, 4.69) is 15.6 Å². The van der Waals surface area contributed by atoms with Crippen LogP contribution < -0.4 is 10.6 Å². The van der Waals surface area contributed by atoms with Gasteiger partial charge in [-0.05, 0) is 66.1 Å². The largest absolute Gasteiger partial charge is 0.322 e. The number of nitrogens with zero attached hydrogens (tertiary/aromatic N) is 2. The first-order valence-corrected chi connectivity index (χ1v) is 9.71. The summed E-state index contributed by atoms with van der Waals surface area (Å²) in [5.74, 6) is 0.105. The average Bonchev–Trinajstić information content (AvgIpc) is 3.10. The van der Waals surface area contributed by atoms with Gasteiger partial charge in [0.25, 0.3) is 5.91 Å². The van der Waals surface area contributed by atoms with E-state index in [1.165, 1.54) is 6.92 Å². The van der Waals surface area contributed by atoms with Gasteiger partial charge in [-0.25, -0.2) is 4.98 Å². The van der Waals surface area contributed by atoms with Gasteiger partial charge in [0.2, 0.25) is 5.91 Å². The van der Waals surface area contributed by atoms with Crippen molar-refractivity contribution in [3.8, 4) is 11.1 Å². The van der Waals surface area contributed by atoms with E-state index < -0.39 is 0 Å². The molecule has 0 saturated carbocycles. The molecule has 2 amide bonds. The summed E-state index contributed by atoms with van der Waals surface area (Å²) in [6.07, 6.45) is 3.71. The topological polar surface area (TPSA) is 75.5 Å². The van der Waals surface area contributed by atoms with Crippen molar-refractivity contribution in [1.82, 2.24) is 9.38 Å². The number of amides is 2. The summed E-state index contributed by atoms with van der Waals surface area (Å²) in [6.45, 7) is 3.46. The van der Waals surface area contributed by atoms with E-state index in [0.29, 0.717) is 22.1 Å². The highest BCUT2D eigenvalue weighted by Crippen LogP contribution is 2.28. The molecule has 0 atom stereocenters. The van der Waals surface area contributed by atoms with Crippen LogP contribution in [0.25, 0.3) is 16.8 Å². The van der Waals surface area contributed by atoms with Gasteiger partial charge in [-0.15, -0.1) is 0 Å². The normalized spacial score (nSPS) is 10.8. The Bertz CT molecular complexity index is 1280. The van der Waals surface area contributed by atoms with Crippen molar-refractivity contribution in [3.05, 3.63) is 83.1 Å². The van der Waals surface area contributed by atoms with Gasteiger partial charge in [-0.2, -0.15) is 0 Å². The second-order valence-corrected chi connectivity index (χ2v) is 7.42. The second-order valence-electron chi connectivity index (χ2n) is 6.98. The van der Waals surface area contributed by atoms with Crippen LogP contribution in [0.5, 0.6) is 0 Å². The molecule has 7 heteroatoms. The number of halogens is 1. The van der Waals surface area contributed by atoms with Crippen LogP contribution >= 0.6 is 11.6 Å². The lowest BCUT2D eigenvalue weighted by Crippen LogP contribution is -2.11. The Kier molecular flexibility index (Phi) is 5.25. The van der Waals surface area contributed by atoms with Gasteiger partial charge >= 0.3 is 0 Å². The molecule has 0 spiro atoms. The zero-order valence-electron chi connectivity index (χ0n) is 16.4. The third-order valence-corrected chi connectivity index (χ3v) is 4.88. The third kappa shape index (κ3) is 4.18. The number of aryl methyl sites for hydroxylation is 1. The highest BCUT2D eigenvalue weighted by molar-refractivity contribution is 6.31. The summed E-state index contributed by atoms with van der Waals surface area (Å²) in [6, 6.07) is 16.4. The first-order chi connectivity index (χ1) is 14.4. The summed E-state index contributed by atoms with van der Waals surface area (Å²) in [5, 5.41) is 6.12. The lowest BCUT2D eigenvalue weighted by molar-refractivity contribution is -0.114. The molecule has 0 fully saturated rings. The van der Waals surface area contributed by atoms with Crippen molar-refractivity contribution >= 4 is 40.6 Å². The van der Waals surface area contributed by atoms with Crippen molar-refractivity contribution in [2.24, 2.45) is 0 Å². The standard InChI is InChI=1S/C23H19ClN4O2/c1-14-6-8-19(26-23(30)16-4-3-5-18(24)10-16)11-20(14)17-7-9-22-27-21(25-15(2)29)13-28(22)12-17/h3-13H,1-2H3,(H,25,29)(H,26,30). The van der Waals surface area contributed by atoms with Crippen LogP contribution in [0.4, 0.5) is 11.5 Å². The molecular formula is C23H19ClN4O2. The Balaban J connectivity index is 1.64. The molecule has 0 aliphatic carbocycles. The first-order valence-electron chi connectivity index (χ1n) is 9.33. The number of hydrogen-bond acceptors (Lipinski definition) is 3. The molecule has 30 heavy (non-hydrogen) atoms. The number of carbonyl (C=O) groups excluding carboxylic acids is 2. The van der Waals surface area contributed by atoms with Crippen LogP contribution in [0, 0.1) is 6.92 Å². The van der Waals surface area contributed by atoms with Crippen molar-refractivity contribution in [2.75, 3.05) is 10.6 Å². The van der Waals surface area contributed by atoms with Crippen LogP contribution in [-0.4, -0.2) is 21.2 Å². The van der Waals surface area contributed by atoms with Gasteiger partial charge in [0, 0.05) is 29.4 Å². The number of imidazole rings is 1. The van der Waals surface area contributed by atoms with Crippen molar-refractivity contribution in [3.63, 3.8) is 0 Å². The summed E-state index contributed by atoms with van der Waals surface area (Å²) in [5.41, 5.74) is 4.92. The third-order valence-electron chi connectivity index (χ3n) is 4.65. The maximum atomic E-state index is 12.5. The maximum absolute atomic E-state index is 12.5. The SMILES string of the molecule is CC(=O)Nc1cn2cc(-c3cc(NC(=O)c4cccc(Cl)c4)ccc3C)ccc2n1. The lowest BCUT2D eigenvalue weighted by atomic mass is 10.0. The fraction of sp³-hybridized carbons (Fsp3) is 0.0870. The Morgan fingerprint density at radius 2 is 1.83 bits per heavy atom. The van der Waals surface area contributed by atoms with E-state index in [9.17, 15) is 9.59 Å². The number of benzene rings is 2. The van der Waals surface area contributed by atoms with Gasteiger partial charge in [0.05, 0.1) is 6.20 Å². The van der Waals surface area contributed by atoms with Crippen LogP contribution in [0.2, 0.25) is 5.02 Å². The number of carbonyl (C=O) groups is 2. The minimum absolute atomic E-state index is 0.169. The number of rotatable bonds is 4. The maximum Gasteiger partial charge on any atom is 0.255 e. The predicted octanol–water partition coefficient (Wildman–Crippen LogP) is 5.17. The molecule has 2 aromatic carbocycles. The lowest BCUT2D eigenvalue weighted by Gasteiger charge is -2.11. The van der Waals surface area contributed by atoms with E-state index in [1.807, 2.05) is 47.9 Å². The zero-order chi connectivity index (χ0) is 21.3. The van der Waals surface area contributed by atoms with Gasteiger partial charge in [0.1, 0.15) is 5.65 Å². The Morgan fingerprint density at radius 3 is 2.60 bits per heavy atom. The molecule has 0 unspecified atom stereocenters. The van der Waals surface area contributed by atoms with Crippen molar-refractivity contribution < 1.29 is 9.59 Å². The highest BCUT2D eigenvalue weighted by Gasteiger charge is 2.10. The minimum Gasteiger partial charge on any atom is -0.322 e. The zero-order valence-corrected chi connectivity index (χ0v) is 17.2. The molecule has 150 valence electrons. The summed E-state index contributed by atoms with van der Waals surface area (Å²) in [4.78, 5) is 28.2. The molecule has 2 N–H and O–H groups in total. The van der Waals surface area contributed by atoms with Crippen LogP contribution in [0.3, 0.4) is 0 Å². The van der Waals surface area contributed by atoms with Gasteiger partial charge in [0.15, 0.2) is 5.82 Å². The molecule has 0 aliphatic heterocycles. The van der Waals surface area contributed by atoms with Gasteiger partial charge in [-0.1, -0.05) is 23.7 Å². The van der Waals surface area contributed by atoms with Crippen molar-refractivity contribution in [2.45, 2.75) is 13.8 Å². The van der Waals surface area contributed by atoms with Crippen LogP contribution in [-0.2, 0) is 4.79 Å². The van der Waals surface area contributed by atoms with E-state index in [1.54, 1.807) is 30.5 Å². The molecule has 4 aromatic rings. The number of nitrogens with one attached hydrogen (secondary N) is 2. The Labute approximate surface area is 178 Å².